The summed E-state index contributed by atoms with van der Waals surface area (Å²) in [4.78, 5) is 10.5. The molecule has 1 N–H and O–H groups in total. The number of aliphatic hydroxyl groups excluding tert-OH is 1. The lowest BCUT2D eigenvalue weighted by molar-refractivity contribution is 0.282. The molecule has 0 atom stereocenters. The lowest BCUT2D eigenvalue weighted by Crippen LogP contribution is -1.81. The molecule has 0 aliphatic carbocycles. The maximum absolute atomic E-state index is 10.8. The second-order valence-electron chi connectivity index (χ2n) is 2.39. The predicted octanol–water partition coefficient (Wildman–Crippen LogP) is 1.35. The summed E-state index contributed by atoms with van der Waals surface area (Å²) in [6.07, 6.45) is 0. The molecule has 0 amide bonds. The van der Waals surface area contributed by atoms with E-state index in [1.807, 2.05) is 0 Å². The Morgan fingerprint density at radius 1 is 1.50 bits per heavy atom. The van der Waals surface area contributed by atoms with Gasteiger partial charge in [0.1, 0.15) is 5.58 Å². The van der Waals surface area contributed by atoms with Crippen molar-refractivity contribution in [3.8, 4) is 0 Å². The van der Waals surface area contributed by atoms with Crippen molar-refractivity contribution in [2.24, 2.45) is 0 Å². The van der Waals surface area contributed by atoms with Crippen molar-refractivity contribution < 1.29 is 9.52 Å². The fourth-order valence-corrected chi connectivity index (χ4v) is 1.66. The Morgan fingerprint density at radius 3 is 3.08 bits per heavy atom. The van der Waals surface area contributed by atoms with Gasteiger partial charge in [0.15, 0.2) is 0 Å². The highest BCUT2D eigenvalue weighted by Crippen LogP contribution is 2.17. The van der Waals surface area contributed by atoms with Crippen molar-refractivity contribution in [3.05, 3.63) is 33.5 Å². The second-order valence-corrected chi connectivity index (χ2v) is 3.37. The Bertz CT molecular complexity index is 455. The van der Waals surface area contributed by atoms with E-state index in [1.165, 1.54) is 0 Å². The van der Waals surface area contributed by atoms with Gasteiger partial charge in [-0.25, -0.2) is 4.79 Å². The van der Waals surface area contributed by atoms with Crippen LogP contribution in [0.4, 0.5) is 0 Å². The summed E-state index contributed by atoms with van der Waals surface area (Å²) < 4.78 is 5.68. The third-order valence-electron chi connectivity index (χ3n) is 1.58. The number of aliphatic hydroxyl groups is 1. The van der Waals surface area contributed by atoms with Crippen molar-refractivity contribution >= 4 is 21.6 Å². The molecule has 0 fully saturated rings. The molecule has 0 unspecified atom stereocenters. The molecule has 0 saturated heterocycles. The van der Waals surface area contributed by atoms with Gasteiger partial charge in [-0.3, -0.25) is 0 Å². The summed E-state index contributed by atoms with van der Waals surface area (Å²) in [7, 11) is 0. The predicted molar refractivity (Wildman–Crippen MR) is 46.3 cm³/mol. The van der Waals surface area contributed by atoms with E-state index >= 15 is 0 Å². The Morgan fingerprint density at radius 2 is 2.33 bits per heavy atom. The zero-order chi connectivity index (χ0) is 8.55. The fraction of sp³-hybridized carbons (Fsp3) is 0.125. The second kappa shape index (κ2) is 2.73. The van der Waals surface area contributed by atoms with Crippen LogP contribution in [0.5, 0.6) is 0 Å². The summed E-state index contributed by atoms with van der Waals surface area (Å²) in [5.74, 6) is 0. The molecule has 0 bridgehead atoms. The molecular weight excluding hydrogens is 176 g/mol. The maximum Gasteiger partial charge on any atom is 0.396 e. The first-order valence-electron chi connectivity index (χ1n) is 3.43. The van der Waals surface area contributed by atoms with Crippen molar-refractivity contribution in [1.29, 1.82) is 0 Å². The van der Waals surface area contributed by atoms with Crippen LogP contribution in [0.15, 0.2) is 27.4 Å². The molecule has 1 aromatic carbocycles. The Hall–Kier alpha value is -1.13. The molecule has 3 nitrogen and oxygen atoms in total. The molecule has 62 valence electrons. The highest BCUT2D eigenvalue weighted by molar-refractivity contribution is 7.16. The molecule has 2 rings (SSSR count). The minimum absolute atomic E-state index is 0.0322. The number of fused-ring (bicyclic) bond motifs is 1. The topological polar surface area (TPSA) is 50.4 Å². The molecule has 0 radical (unpaired) electrons. The van der Waals surface area contributed by atoms with Gasteiger partial charge in [-0.05, 0) is 17.7 Å². The van der Waals surface area contributed by atoms with Crippen LogP contribution in [0.1, 0.15) is 5.56 Å². The van der Waals surface area contributed by atoms with E-state index in [4.69, 9.17) is 9.52 Å². The average molecular weight is 182 g/mol. The SMILES string of the molecule is O=c1oc2cc(CO)ccc2s1. The van der Waals surface area contributed by atoms with Crippen LogP contribution in [0, 0.1) is 0 Å². The summed E-state index contributed by atoms with van der Waals surface area (Å²) >= 11 is 1.07. The van der Waals surface area contributed by atoms with Crippen LogP contribution < -0.4 is 4.94 Å². The van der Waals surface area contributed by atoms with E-state index in [-0.39, 0.29) is 11.5 Å². The summed E-state index contributed by atoms with van der Waals surface area (Å²) in [6, 6.07) is 5.22. The van der Waals surface area contributed by atoms with Gasteiger partial charge < -0.3 is 9.52 Å². The van der Waals surface area contributed by atoms with Gasteiger partial charge in [0.25, 0.3) is 0 Å². The van der Waals surface area contributed by atoms with Crippen LogP contribution in [0.3, 0.4) is 0 Å². The average Bonchev–Trinajstić information content (AvgIpc) is 2.43. The highest BCUT2D eigenvalue weighted by atomic mass is 32.1. The van der Waals surface area contributed by atoms with Crippen LogP contribution in [0.25, 0.3) is 10.3 Å². The van der Waals surface area contributed by atoms with Gasteiger partial charge in [-0.15, -0.1) is 0 Å². The Balaban J connectivity index is 2.74. The van der Waals surface area contributed by atoms with Crippen molar-refractivity contribution in [2.45, 2.75) is 6.61 Å². The minimum atomic E-state index is -0.305. The van der Waals surface area contributed by atoms with Gasteiger partial charge in [-0.2, -0.15) is 0 Å². The normalized spacial score (nSPS) is 10.8. The molecular formula is C8H6O3S. The van der Waals surface area contributed by atoms with Crippen molar-refractivity contribution in [2.75, 3.05) is 0 Å². The Kier molecular flexibility index (Phi) is 1.71. The lowest BCUT2D eigenvalue weighted by Gasteiger charge is -1.92. The number of hydrogen-bond acceptors (Lipinski definition) is 4. The van der Waals surface area contributed by atoms with E-state index in [0.717, 1.165) is 21.6 Å². The minimum Gasteiger partial charge on any atom is -0.414 e. The van der Waals surface area contributed by atoms with E-state index in [2.05, 4.69) is 0 Å². The van der Waals surface area contributed by atoms with Gasteiger partial charge in [0.05, 0.1) is 11.3 Å². The first-order chi connectivity index (χ1) is 5.79. The van der Waals surface area contributed by atoms with Crippen molar-refractivity contribution in [3.63, 3.8) is 0 Å². The van der Waals surface area contributed by atoms with E-state index in [0.29, 0.717) is 5.58 Å². The molecule has 2 aromatic rings. The van der Waals surface area contributed by atoms with E-state index in [1.54, 1.807) is 18.2 Å². The molecule has 0 saturated carbocycles. The van der Waals surface area contributed by atoms with Gasteiger partial charge in [0.2, 0.25) is 0 Å². The molecule has 1 heterocycles. The van der Waals surface area contributed by atoms with Crippen molar-refractivity contribution in [1.82, 2.24) is 0 Å². The van der Waals surface area contributed by atoms with Crippen LogP contribution >= 0.6 is 11.3 Å². The lowest BCUT2D eigenvalue weighted by atomic mass is 10.2. The zero-order valence-electron chi connectivity index (χ0n) is 6.11. The highest BCUT2D eigenvalue weighted by Gasteiger charge is 2.01. The third kappa shape index (κ3) is 1.15. The van der Waals surface area contributed by atoms with E-state index < -0.39 is 0 Å². The van der Waals surface area contributed by atoms with Crippen LogP contribution in [-0.4, -0.2) is 5.11 Å². The summed E-state index contributed by atoms with van der Waals surface area (Å²) in [5, 5.41) is 8.79. The van der Waals surface area contributed by atoms with Gasteiger partial charge in [0, 0.05) is 0 Å². The zero-order valence-corrected chi connectivity index (χ0v) is 6.93. The quantitative estimate of drug-likeness (QED) is 0.724. The monoisotopic (exact) mass is 182 g/mol. The standard InChI is InChI=1S/C8H6O3S/c9-4-5-1-2-7-6(3-5)11-8(10)12-7/h1-3,9H,4H2. The first-order valence-corrected chi connectivity index (χ1v) is 4.24. The molecule has 0 aliphatic heterocycles. The smallest absolute Gasteiger partial charge is 0.396 e. The maximum atomic E-state index is 10.8. The largest absolute Gasteiger partial charge is 0.414 e. The fourth-order valence-electron chi connectivity index (χ4n) is 1.02. The number of rotatable bonds is 1. The van der Waals surface area contributed by atoms with E-state index in [9.17, 15) is 4.79 Å². The van der Waals surface area contributed by atoms with Gasteiger partial charge >= 0.3 is 4.94 Å². The molecule has 1 aromatic heterocycles. The Labute approximate surface area is 71.9 Å². The molecule has 0 aliphatic rings. The third-order valence-corrected chi connectivity index (χ3v) is 2.38. The molecule has 4 heteroatoms. The first kappa shape index (κ1) is 7.52. The molecule has 12 heavy (non-hydrogen) atoms. The number of benzene rings is 1. The van der Waals surface area contributed by atoms with Crippen LogP contribution in [0.2, 0.25) is 0 Å². The molecule has 0 spiro atoms. The van der Waals surface area contributed by atoms with Crippen LogP contribution in [-0.2, 0) is 6.61 Å². The summed E-state index contributed by atoms with van der Waals surface area (Å²) in [5.41, 5.74) is 1.31. The van der Waals surface area contributed by atoms with Gasteiger partial charge in [-0.1, -0.05) is 17.4 Å². The summed E-state index contributed by atoms with van der Waals surface area (Å²) in [6.45, 7) is -0.0322. The number of hydrogen-bond donors (Lipinski definition) is 1.